The van der Waals surface area contributed by atoms with E-state index in [1.807, 2.05) is 0 Å². The number of guanidine groups is 1. The van der Waals surface area contributed by atoms with E-state index in [4.69, 9.17) is 5.73 Å². The Morgan fingerprint density at radius 3 is 2.41 bits per heavy atom. The Morgan fingerprint density at radius 1 is 1.12 bits per heavy atom. The average molecular weight is 238 g/mol. The van der Waals surface area contributed by atoms with Crippen LogP contribution in [0, 0.1) is 0 Å². The molecule has 3 N–H and O–H groups in total. The van der Waals surface area contributed by atoms with E-state index in [-0.39, 0.29) is 0 Å². The summed E-state index contributed by atoms with van der Waals surface area (Å²) in [4.78, 5) is 6.98. The van der Waals surface area contributed by atoms with Gasteiger partial charge in [0.2, 0.25) is 0 Å². The van der Waals surface area contributed by atoms with Crippen molar-refractivity contribution in [2.45, 2.75) is 57.0 Å². The van der Waals surface area contributed by atoms with Crippen molar-refractivity contribution in [1.29, 1.82) is 0 Å². The fourth-order valence-corrected chi connectivity index (χ4v) is 2.81. The lowest BCUT2D eigenvalue weighted by atomic mass is 9.96. The van der Waals surface area contributed by atoms with Gasteiger partial charge in [-0.25, -0.2) is 0 Å². The normalized spacial score (nSPS) is 26.1. The Morgan fingerprint density at radius 2 is 1.76 bits per heavy atom. The first-order valence-corrected chi connectivity index (χ1v) is 7.02. The van der Waals surface area contributed by atoms with Gasteiger partial charge >= 0.3 is 0 Å². The zero-order chi connectivity index (χ0) is 12.1. The second kappa shape index (κ2) is 6.24. The first-order chi connectivity index (χ1) is 8.24. The quantitative estimate of drug-likeness (QED) is 0.563. The van der Waals surface area contributed by atoms with Crippen molar-refractivity contribution in [2.75, 3.05) is 20.1 Å². The molecule has 1 aliphatic heterocycles. The van der Waals surface area contributed by atoms with Crippen LogP contribution in [0.2, 0.25) is 0 Å². The first kappa shape index (κ1) is 12.7. The molecule has 0 bridgehead atoms. The van der Waals surface area contributed by atoms with E-state index in [0.29, 0.717) is 18.0 Å². The third-order valence-electron chi connectivity index (χ3n) is 3.97. The van der Waals surface area contributed by atoms with E-state index in [2.05, 4.69) is 22.3 Å². The van der Waals surface area contributed by atoms with Gasteiger partial charge in [-0.15, -0.1) is 0 Å². The molecular formula is C13H26N4. The van der Waals surface area contributed by atoms with Crippen molar-refractivity contribution >= 4 is 5.96 Å². The largest absolute Gasteiger partial charge is 0.370 e. The summed E-state index contributed by atoms with van der Waals surface area (Å²) >= 11 is 0. The zero-order valence-electron chi connectivity index (χ0n) is 11.0. The fourth-order valence-electron chi connectivity index (χ4n) is 2.81. The molecule has 0 aromatic rings. The molecule has 0 unspecified atom stereocenters. The van der Waals surface area contributed by atoms with E-state index >= 15 is 0 Å². The Hall–Kier alpha value is -0.770. The van der Waals surface area contributed by atoms with E-state index in [0.717, 1.165) is 25.9 Å². The molecule has 0 aromatic heterocycles. The highest BCUT2D eigenvalue weighted by Gasteiger charge is 2.17. The monoisotopic (exact) mass is 238 g/mol. The Kier molecular flexibility index (Phi) is 4.66. The fraction of sp³-hybridized carbons (Fsp3) is 0.923. The van der Waals surface area contributed by atoms with Gasteiger partial charge in [0.05, 0.1) is 6.04 Å². The molecule has 2 fully saturated rings. The van der Waals surface area contributed by atoms with Crippen LogP contribution in [-0.2, 0) is 0 Å². The van der Waals surface area contributed by atoms with E-state index in [9.17, 15) is 0 Å². The molecular weight excluding hydrogens is 212 g/mol. The number of rotatable bonds is 2. The maximum atomic E-state index is 6.00. The van der Waals surface area contributed by atoms with Crippen LogP contribution in [0.3, 0.4) is 0 Å². The minimum absolute atomic E-state index is 0.433. The maximum absolute atomic E-state index is 6.00. The highest BCUT2D eigenvalue weighted by molar-refractivity contribution is 5.78. The van der Waals surface area contributed by atoms with Gasteiger partial charge in [0.25, 0.3) is 0 Å². The summed E-state index contributed by atoms with van der Waals surface area (Å²) in [7, 11) is 2.17. The van der Waals surface area contributed by atoms with Crippen LogP contribution in [0.4, 0.5) is 0 Å². The molecule has 0 aromatic carbocycles. The van der Waals surface area contributed by atoms with E-state index < -0.39 is 0 Å². The second-order valence-electron chi connectivity index (χ2n) is 5.53. The number of piperidine rings is 1. The summed E-state index contributed by atoms with van der Waals surface area (Å²) in [6.07, 6.45) is 8.84. The number of likely N-dealkylation sites (tertiary alicyclic amines) is 1. The third kappa shape index (κ3) is 4.19. The molecule has 1 heterocycles. The van der Waals surface area contributed by atoms with Crippen LogP contribution in [0.15, 0.2) is 4.99 Å². The van der Waals surface area contributed by atoms with Gasteiger partial charge in [-0.2, -0.15) is 0 Å². The molecule has 0 atom stereocenters. The van der Waals surface area contributed by atoms with Crippen molar-refractivity contribution < 1.29 is 0 Å². The molecule has 2 rings (SSSR count). The first-order valence-electron chi connectivity index (χ1n) is 7.02. The van der Waals surface area contributed by atoms with Gasteiger partial charge in [-0.05, 0) is 45.8 Å². The second-order valence-corrected chi connectivity index (χ2v) is 5.53. The average Bonchev–Trinajstić information content (AvgIpc) is 2.33. The molecule has 2 aliphatic rings. The van der Waals surface area contributed by atoms with Crippen LogP contribution in [0.1, 0.15) is 44.9 Å². The van der Waals surface area contributed by atoms with Crippen LogP contribution >= 0.6 is 0 Å². The van der Waals surface area contributed by atoms with Crippen molar-refractivity contribution in [3.8, 4) is 0 Å². The molecule has 0 spiro atoms. The Balaban J connectivity index is 1.75. The highest BCUT2D eigenvalue weighted by atomic mass is 15.1. The summed E-state index contributed by atoms with van der Waals surface area (Å²) in [5, 5.41) is 3.39. The molecule has 0 radical (unpaired) electrons. The Labute approximate surface area is 105 Å². The van der Waals surface area contributed by atoms with Gasteiger partial charge in [-0.1, -0.05) is 19.3 Å². The van der Waals surface area contributed by atoms with Crippen molar-refractivity contribution in [3.63, 3.8) is 0 Å². The SMILES string of the molecule is CN1CCC(N=C(N)NC2CCCCC2)CC1. The van der Waals surface area contributed by atoms with Crippen molar-refractivity contribution in [1.82, 2.24) is 10.2 Å². The van der Waals surface area contributed by atoms with Crippen LogP contribution in [-0.4, -0.2) is 43.1 Å². The van der Waals surface area contributed by atoms with Crippen LogP contribution in [0.5, 0.6) is 0 Å². The molecule has 1 saturated carbocycles. The number of nitrogens with zero attached hydrogens (tertiary/aromatic N) is 2. The Bertz CT molecular complexity index is 250. The lowest BCUT2D eigenvalue weighted by Gasteiger charge is -2.28. The van der Waals surface area contributed by atoms with Crippen LogP contribution in [0.25, 0.3) is 0 Å². The van der Waals surface area contributed by atoms with Crippen molar-refractivity contribution in [3.05, 3.63) is 0 Å². The predicted molar refractivity (Wildman–Crippen MR) is 72.2 cm³/mol. The highest BCUT2D eigenvalue weighted by Crippen LogP contribution is 2.17. The zero-order valence-corrected chi connectivity index (χ0v) is 11.0. The molecule has 1 aliphatic carbocycles. The summed E-state index contributed by atoms with van der Waals surface area (Å²) in [5.74, 6) is 0.673. The number of hydrogen-bond donors (Lipinski definition) is 2. The van der Waals surface area contributed by atoms with Crippen molar-refractivity contribution in [2.24, 2.45) is 10.7 Å². The molecule has 4 nitrogen and oxygen atoms in total. The van der Waals surface area contributed by atoms with Gasteiger partial charge < -0.3 is 16.0 Å². The number of nitrogens with two attached hydrogens (primary N) is 1. The third-order valence-corrected chi connectivity index (χ3v) is 3.97. The molecule has 4 heteroatoms. The van der Waals surface area contributed by atoms with Gasteiger partial charge in [-0.3, -0.25) is 4.99 Å². The number of nitrogens with one attached hydrogen (secondary N) is 1. The minimum Gasteiger partial charge on any atom is -0.370 e. The smallest absolute Gasteiger partial charge is 0.189 e. The number of aliphatic imine (C=N–C) groups is 1. The van der Waals surface area contributed by atoms with Gasteiger partial charge in [0, 0.05) is 6.04 Å². The summed E-state index contributed by atoms with van der Waals surface area (Å²) in [5.41, 5.74) is 6.00. The van der Waals surface area contributed by atoms with Gasteiger partial charge in [0.15, 0.2) is 5.96 Å². The molecule has 98 valence electrons. The topological polar surface area (TPSA) is 53.6 Å². The summed E-state index contributed by atoms with van der Waals surface area (Å²) in [6, 6.07) is 1.00. The number of hydrogen-bond acceptors (Lipinski definition) is 2. The van der Waals surface area contributed by atoms with Gasteiger partial charge in [0.1, 0.15) is 0 Å². The standard InChI is InChI=1S/C13H26N4/c1-17-9-7-12(8-10-17)16-13(14)15-11-5-3-2-4-6-11/h11-12H,2-10H2,1H3,(H3,14,15,16). The van der Waals surface area contributed by atoms with E-state index in [1.54, 1.807) is 0 Å². The van der Waals surface area contributed by atoms with Crippen LogP contribution < -0.4 is 11.1 Å². The summed E-state index contributed by atoms with van der Waals surface area (Å²) in [6.45, 7) is 2.29. The lowest BCUT2D eigenvalue weighted by molar-refractivity contribution is 0.256. The summed E-state index contributed by atoms with van der Waals surface area (Å²) < 4.78 is 0. The molecule has 17 heavy (non-hydrogen) atoms. The van der Waals surface area contributed by atoms with E-state index in [1.165, 1.54) is 32.1 Å². The lowest BCUT2D eigenvalue weighted by Crippen LogP contribution is -2.42. The minimum atomic E-state index is 0.433. The maximum Gasteiger partial charge on any atom is 0.189 e. The molecule has 0 amide bonds. The molecule has 1 saturated heterocycles. The predicted octanol–water partition coefficient (Wildman–Crippen LogP) is 1.32.